The van der Waals surface area contributed by atoms with E-state index in [4.69, 9.17) is 23.2 Å². The van der Waals surface area contributed by atoms with Crippen molar-refractivity contribution in [3.63, 3.8) is 0 Å². The van der Waals surface area contributed by atoms with Crippen LogP contribution < -0.4 is 5.32 Å². The zero-order valence-corrected chi connectivity index (χ0v) is 22.2. The van der Waals surface area contributed by atoms with Crippen LogP contribution in [0.4, 0.5) is 0 Å². The molecule has 37 heavy (non-hydrogen) atoms. The summed E-state index contributed by atoms with van der Waals surface area (Å²) in [6, 6.07) is 20.0. The van der Waals surface area contributed by atoms with Gasteiger partial charge in [-0.05, 0) is 66.3 Å². The minimum Gasteiger partial charge on any atom is -0.481 e. The van der Waals surface area contributed by atoms with Gasteiger partial charge in [0, 0.05) is 28.7 Å². The Hall–Kier alpha value is -3.35. The number of aromatic nitrogens is 2. The Bertz CT molecular complexity index is 1380. The monoisotopic (exact) mass is 537 g/mol. The SMILES string of the molecule is CC(C)CC(CNC(=O)c1cccc2nc(C(Cc3ccc(Cl)cc3)C(=O)O)cn12)c1ccc(Cl)cc1. The fourth-order valence-corrected chi connectivity index (χ4v) is 4.76. The molecule has 0 aliphatic rings. The molecule has 2 heterocycles. The fourth-order valence-electron chi connectivity index (χ4n) is 4.50. The minimum atomic E-state index is -0.983. The summed E-state index contributed by atoms with van der Waals surface area (Å²) < 4.78 is 1.65. The number of imidazole rings is 1. The van der Waals surface area contributed by atoms with E-state index in [0.29, 0.717) is 39.5 Å². The third-order valence-corrected chi connectivity index (χ3v) is 6.86. The molecule has 0 bridgehead atoms. The van der Waals surface area contributed by atoms with E-state index >= 15 is 0 Å². The van der Waals surface area contributed by atoms with Gasteiger partial charge in [-0.15, -0.1) is 0 Å². The molecule has 4 aromatic rings. The normalized spacial score (nSPS) is 13.0. The van der Waals surface area contributed by atoms with Crippen molar-refractivity contribution in [1.29, 1.82) is 0 Å². The van der Waals surface area contributed by atoms with Gasteiger partial charge >= 0.3 is 5.97 Å². The molecule has 0 fully saturated rings. The maximum absolute atomic E-state index is 13.3. The van der Waals surface area contributed by atoms with Crippen molar-refractivity contribution in [2.24, 2.45) is 5.92 Å². The minimum absolute atomic E-state index is 0.134. The topological polar surface area (TPSA) is 83.7 Å². The second kappa shape index (κ2) is 11.8. The molecule has 2 aromatic heterocycles. The Morgan fingerprint density at radius 3 is 2.24 bits per heavy atom. The lowest BCUT2D eigenvalue weighted by Crippen LogP contribution is -2.30. The van der Waals surface area contributed by atoms with Gasteiger partial charge in [0.15, 0.2) is 0 Å². The van der Waals surface area contributed by atoms with Crippen molar-refractivity contribution in [1.82, 2.24) is 14.7 Å². The number of nitrogens with one attached hydrogen (secondary N) is 1. The van der Waals surface area contributed by atoms with Gasteiger partial charge in [0.1, 0.15) is 17.3 Å². The number of amides is 1. The van der Waals surface area contributed by atoms with Crippen LogP contribution in [-0.2, 0) is 11.2 Å². The van der Waals surface area contributed by atoms with Gasteiger partial charge in [0.2, 0.25) is 0 Å². The van der Waals surface area contributed by atoms with Gasteiger partial charge < -0.3 is 10.4 Å². The van der Waals surface area contributed by atoms with E-state index < -0.39 is 11.9 Å². The number of fused-ring (bicyclic) bond motifs is 1. The number of nitrogens with zero attached hydrogens (tertiary/aromatic N) is 2. The summed E-state index contributed by atoms with van der Waals surface area (Å²) in [6.07, 6.45) is 2.81. The predicted molar refractivity (Wildman–Crippen MR) is 147 cm³/mol. The Balaban J connectivity index is 1.56. The summed E-state index contributed by atoms with van der Waals surface area (Å²) in [4.78, 5) is 29.9. The van der Waals surface area contributed by atoms with E-state index in [0.717, 1.165) is 17.5 Å². The number of hydrogen-bond donors (Lipinski definition) is 2. The van der Waals surface area contributed by atoms with Crippen LogP contribution in [-0.4, -0.2) is 32.9 Å². The molecule has 6 nitrogen and oxygen atoms in total. The molecule has 8 heteroatoms. The van der Waals surface area contributed by atoms with Crippen molar-refractivity contribution in [3.05, 3.63) is 105 Å². The van der Waals surface area contributed by atoms with Crippen molar-refractivity contribution in [2.75, 3.05) is 6.54 Å². The van der Waals surface area contributed by atoms with Gasteiger partial charge in [-0.3, -0.25) is 14.0 Å². The van der Waals surface area contributed by atoms with E-state index in [1.807, 2.05) is 24.3 Å². The van der Waals surface area contributed by atoms with Crippen LogP contribution in [0.5, 0.6) is 0 Å². The summed E-state index contributed by atoms with van der Waals surface area (Å²) >= 11 is 12.0. The quantitative estimate of drug-likeness (QED) is 0.238. The number of carbonyl (C=O) groups excluding carboxylic acids is 1. The number of carbonyl (C=O) groups is 2. The van der Waals surface area contributed by atoms with E-state index in [1.54, 1.807) is 53.1 Å². The molecule has 0 spiro atoms. The Morgan fingerprint density at radius 1 is 0.973 bits per heavy atom. The zero-order chi connectivity index (χ0) is 26.5. The van der Waals surface area contributed by atoms with Gasteiger partial charge in [0.25, 0.3) is 5.91 Å². The summed E-state index contributed by atoms with van der Waals surface area (Å²) in [6.45, 7) is 4.77. The molecule has 0 saturated heterocycles. The molecule has 2 atom stereocenters. The van der Waals surface area contributed by atoms with Crippen LogP contribution >= 0.6 is 23.2 Å². The number of rotatable bonds is 10. The maximum atomic E-state index is 13.3. The predicted octanol–water partition coefficient (Wildman–Crippen LogP) is 6.61. The van der Waals surface area contributed by atoms with Crippen molar-refractivity contribution in [3.8, 4) is 0 Å². The van der Waals surface area contributed by atoms with Gasteiger partial charge in [-0.1, -0.05) is 67.4 Å². The van der Waals surface area contributed by atoms with E-state index in [2.05, 4.69) is 24.1 Å². The molecule has 192 valence electrons. The van der Waals surface area contributed by atoms with Gasteiger partial charge in [-0.25, -0.2) is 4.98 Å². The van der Waals surface area contributed by atoms with Crippen LogP contribution in [0.15, 0.2) is 72.9 Å². The summed E-state index contributed by atoms with van der Waals surface area (Å²) in [5.74, 6) is -1.51. The smallest absolute Gasteiger partial charge is 0.312 e. The molecule has 0 aliphatic heterocycles. The third-order valence-electron chi connectivity index (χ3n) is 6.36. The van der Waals surface area contributed by atoms with Crippen molar-refractivity contribution in [2.45, 2.75) is 38.5 Å². The zero-order valence-electron chi connectivity index (χ0n) is 20.7. The van der Waals surface area contributed by atoms with Gasteiger partial charge in [0.05, 0.1) is 5.69 Å². The highest BCUT2D eigenvalue weighted by Gasteiger charge is 2.25. The van der Waals surface area contributed by atoms with E-state index in [-0.39, 0.29) is 18.2 Å². The molecule has 2 aromatic carbocycles. The first-order valence-corrected chi connectivity index (χ1v) is 13.0. The number of aliphatic carboxylic acids is 1. The first kappa shape index (κ1) is 26.7. The second-order valence-electron chi connectivity index (χ2n) is 9.61. The largest absolute Gasteiger partial charge is 0.481 e. The van der Waals surface area contributed by atoms with Crippen LogP contribution in [0.3, 0.4) is 0 Å². The van der Waals surface area contributed by atoms with E-state index in [1.165, 1.54) is 0 Å². The lowest BCUT2D eigenvalue weighted by Gasteiger charge is -2.20. The van der Waals surface area contributed by atoms with Gasteiger partial charge in [-0.2, -0.15) is 0 Å². The average molecular weight is 538 g/mol. The highest BCUT2D eigenvalue weighted by Crippen LogP contribution is 2.26. The molecular weight excluding hydrogens is 509 g/mol. The summed E-state index contributed by atoms with van der Waals surface area (Å²) in [5, 5.41) is 14.3. The van der Waals surface area contributed by atoms with Crippen LogP contribution in [0.25, 0.3) is 5.65 Å². The highest BCUT2D eigenvalue weighted by molar-refractivity contribution is 6.30. The molecule has 0 saturated carbocycles. The number of carboxylic acids is 1. The average Bonchev–Trinajstić information content (AvgIpc) is 3.30. The molecule has 2 N–H and O–H groups in total. The van der Waals surface area contributed by atoms with Crippen molar-refractivity contribution < 1.29 is 14.7 Å². The number of hydrogen-bond acceptors (Lipinski definition) is 3. The summed E-state index contributed by atoms with van der Waals surface area (Å²) in [5.41, 5.74) is 3.26. The number of benzene rings is 2. The lowest BCUT2D eigenvalue weighted by atomic mass is 9.90. The molecular formula is C29H29Cl2N3O3. The number of halogens is 2. The standard InChI is InChI=1S/C29H29Cl2N3O3/c1-18(2)14-21(20-8-12-23(31)13-9-20)16-32-28(35)26-4-3-5-27-33-25(17-34(26)27)24(29(36)37)15-19-6-10-22(30)11-7-19/h3-13,17-18,21,24H,14-16H2,1-2H3,(H,32,35)(H,36,37). The molecule has 0 radical (unpaired) electrons. The number of pyridine rings is 1. The maximum Gasteiger partial charge on any atom is 0.312 e. The fraction of sp³-hybridized carbons (Fsp3) is 0.276. The third kappa shape index (κ3) is 6.70. The molecule has 1 amide bonds. The Labute approximate surface area is 226 Å². The van der Waals surface area contributed by atoms with Crippen LogP contribution in [0.1, 0.15) is 59.4 Å². The Kier molecular flexibility index (Phi) is 8.52. The first-order chi connectivity index (χ1) is 17.7. The van der Waals surface area contributed by atoms with Crippen LogP contribution in [0, 0.1) is 5.92 Å². The first-order valence-electron chi connectivity index (χ1n) is 12.2. The molecule has 2 unspecified atom stereocenters. The summed E-state index contributed by atoms with van der Waals surface area (Å²) in [7, 11) is 0. The molecule has 4 rings (SSSR count). The van der Waals surface area contributed by atoms with E-state index in [9.17, 15) is 14.7 Å². The van der Waals surface area contributed by atoms with Crippen molar-refractivity contribution >= 4 is 40.7 Å². The van der Waals surface area contributed by atoms with Crippen LogP contribution in [0.2, 0.25) is 10.0 Å². The number of carboxylic acid groups (broad SMARTS) is 1. The Morgan fingerprint density at radius 2 is 1.62 bits per heavy atom. The highest BCUT2D eigenvalue weighted by atomic mass is 35.5. The second-order valence-corrected chi connectivity index (χ2v) is 10.5. The lowest BCUT2D eigenvalue weighted by molar-refractivity contribution is -0.138. The molecule has 0 aliphatic carbocycles.